The van der Waals surface area contributed by atoms with Gasteiger partial charge in [0.15, 0.2) is 5.65 Å². The molecule has 1 aliphatic rings. The molecule has 136 valence electrons. The molecule has 0 radical (unpaired) electrons. The van der Waals surface area contributed by atoms with Crippen LogP contribution in [0.5, 0.6) is 0 Å². The molecule has 0 amide bonds. The van der Waals surface area contributed by atoms with E-state index in [9.17, 15) is 9.50 Å². The highest BCUT2D eigenvalue weighted by Gasteiger charge is 2.37. The van der Waals surface area contributed by atoms with E-state index >= 15 is 0 Å². The van der Waals surface area contributed by atoms with Crippen LogP contribution in [0.4, 0.5) is 4.39 Å². The van der Waals surface area contributed by atoms with Gasteiger partial charge in [-0.05, 0) is 19.9 Å². The fourth-order valence-corrected chi connectivity index (χ4v) is 3.76. The number of imidazole rings is 1. The molecule has 0 aliphatic carbocycles. The monoisotopic (exact) mass is 357 g/mol. The number of H-pyrrole nitrogens is 1. The van der Waals surface area contributed by atoms with Crippen LogP contribution in [0.25, 0.3) is 22.1 Å². The second kappa shape index (κ2) is 6.63. The number of alkyl halides is 1. The molecule has 3 aromatic rings. The van der Waals surface area contributed by atoms with Gasteiger partial charge in [0.1, 0.15) is 23.6 Å². The summed E-state index contributed by atoms with van der Waals surface area (Å²) in [5.41, 5.74) is 1.96. The Morgan fingerprint density at radius 2 is 2.31 bits per heavy atom. The van der Waals surface area contributed by atoms with Gasteiger partial charge in [0.2, 0.25) is 0 Å². The number of aliphatic hydroxyl groups is 1. The molecule has 1 aliphatic heterocycles. The smallest absolute Gasteiger partial charge is 0.157 e. The molecule has 9 heteroatoms. The molecular formula is C17H20FN7O. The van der Waals surface area contributed by atoms with Crippen molar-refractivity contribution in [3.8, 4) is 6.07 Å². The first kappa shape index (κ1) is 16.9. The molecule has 0 saturated carbocycles. The van der Waals surface area contributed by atoms with Crippen molar-refractivity contribution < 1.29 is 9.50 Å². The van der Waals surface area contributed by atoms with Crippen molar-refractivity contribution >= 4 is 22.1 Å². The molecule has 2 unspecified atom stereocenters. The van der Waals surface area contributed by atoms with Gasteiger partial charge in [-0.2, -0.15) is 10.4 Å². The van der Waals surface area contributed by atoms with Crippen LogP contribution in [-0.2, 0) is 0 Å². The summed E-state index contributed by atoms with van der Waals surface area (Å²) in [7, 11) is 0. The number of pyridine rings is 1. The Morgan fingerprint density at radius 3 is 3.08 bits per heavy atom. The first-order chi connectivity index (χ1) is 12.6. The van der Waals surface area contributed by atoms with Crippen molar-refractivity contribution in [3.05, 3.63) is 18.2 Å². The SMILES string of the molecule is CC(O)c1nc2cnc3[nH]ncc3c2n1[C@@H]1CN(CCCC#N)CC1F. The first-order valence-electron chi connectivity index (χ1n) is 8.71. The molecule has 3 aromatic heterocycles. The van der Waals surface area contributed by atoms with E-state index in [1.165, 1.54) is 0 Å². The molecule has 1 fully saturated rings. The number of halogens is 1. The summed E-state index contributed by atoms with van der Waals surface area (Å²) in [4.78, 5) is 10.8. The molecule has 0 bridgehead atoms. The molecule has 4 heterocycles. The largest absolute Gasteiger partial charge is 0.385 e. The average molecular weight is 357 g/mol. The van der Waals surface area contributed by atoms with Crippen LogP contribution < -0.4 is 0 Å². The Kier molecular flexibility index (Phi) is 4.30. The summed E-state index contributed by atoms with van der Waals surface area (Å²) in [6.07, 6.45) is 2.55. The topological polar surface area (TPSA) is 107 Å². The van der Waals surface area contributed by atoms with Crippen LogP contribution in [0.1, 0.15) is 37.7 Å². The summed E-state index contributed by atoms with van der Waals surface area (Å²) < 4.78 is 16.7. The van der Waals surface area contributed by atoms with E-state index in [-0.39, 0.29) is 0 Å². The molecular weight excluding hydrogens is 337 g/mol. The van der Waals surface area contributed by atoms with E-state index in [0.717, 1.165) is 17.3 Å². The number of nitriles is 1. The Morgan fingerprint density at radius 1 is 1.46 bits per heavy atom. The van der Waals surface area contributed by atoms with Gasteiger partial charge in [-0.25, -0.2) is 14.4 Å². The molecule has 8 nitrogen and oxygen atoms in total. The minimum atomic E-state index is -1.08. The van der Waals surface area contributed by atoms with Crippen LogP contribution in [-0.4, -0.2) is 60.5 Å². The number of aromatic nitrogens is 5. The molecule has 26 heavy (non-hydrogen) atoms. The minimum absolute atomic E-state index is 0.314. The molecule has 0 aromatic carbocycles. The summed E-state index contributed by atoms with van der Waals surface area (Å²) in [6.45, 7) is 3.14. The third kappa shape index (κ3) is 2.71. The Hall–Kier alpha value is -2.57. The number of nitrogens with zero attached hydrogens (tertiary/aromatic N) is 6. The standard InChI is InChI=1S/C17H20FN7O/c1-10(26)17-22-13-7-20-16-11(6-21-23-16)15(13)25(17)14-9-24(8-12(14)18)5-3-2-4-19/h6-7,10,12,14,26H,2-3,5,8-9H2,1H3,(H,20,21,23)/t10?,12?,14-/m1/s1. The van der Waals surface area contributed by atoms with E-state index in [0.29, 0.717) is 43.0 Å². The Bertz CT molecular complexity index is 973. The Labute approximate surface area is 149 Å². The lowest BCUT2D eigenvalue weighted by Gasteiger charge is -2.20. The number of aliphatic hydroxyl groups excluding tert-OH is 1. The second-order valence-electron chi connectivity index (χ2n) is 6.74. The number of fused-ring (bicyclic) bond motifs is 3. The number of unbranched alkanes of at least 4 members (excludes halogenated alkanes) is 1. The zero-order valence-corrected chi connectivity index (χ0v) is 14.4. The summed E-state index contributed by atoms with van der Waals surface area (Å²) >= 11 is 0. The van der Waals surface area contributed by atoms with E-state index in [1.54, 1.807) is 19.3 Å². The predicted molar refractivity (Wildman–Crippen MR) is 93.0 cm³/mol. The zero-order chi connectivity index (χ0) is 18.3. The number of likely N-dealkylation sites (tertiary alicyclic amines) is 1. The summed E-state index contributed by atoms with van der Waals surface area (Å²) in [5, 5.41) is 26.5. The molecule has 1 saturated heterocycles. The number of aromatic amines is 1. The van der Waals surface area contributed by atoms with E-state index in [1.807, 2.05) is 9.47 Å². The van der Waals surface area contributed by atoms with Gasteiger partial charge < -0.3 is 9.67 Å². The summed E-state index contributed by atoms with van der Waals surface area (Å²) in [6, 6.07) is 1.67. The van der Waals surface area contributed by atoms with Crippen molar-refractivity contribution in [1.82, 2.24) is 29.6 Å². The quantitative estimate of drug-likeness (QED) is 0.675. The maximum Gasteiger partial charge on any atom is 0.157 e. The zero-order valence-electron chi connectivity index (χ0n) is 14.4. The van der Waals surface area contributed by atoms with Gasteiger partial charge in [-0.1, -0.05) is 0 Å². The van der Waals surface area contributed by atoms with Gasteiger partial charge in [0, 0.05) is 19.5 Å². The van der Waals surface area contributed by atoms with Crippen LogP contribution in [0.3, 0.4) is 0 Å². The van der Waals surface area contributed by atoms with Gasteiger partial charge >= 0.3 is 0 Å². The third-order valence-electron chi connectivity index (χ3n) is 4.92. The van der Waals surface area contributed by atoms with Gasteiger partial charge in [-0.3, -0.25) is 10.00 Å². The lowest BCUT2D eigenvalue weighted by atomic mass is 10.2. The molecule has 3 atom stereocenters. The number of rotatable bonds is 5. The normalized spacial score (nSPS) is 22.2. The van der Waals surface area contributed by atoms with E-state index < -0.39 is 18.3 Å². The van der Waals surface area contributed by atoms with Crippen molar-refractivity contribution in [2.75, 3.05) is 19.6 Å². The lowest BCUT2D eigenvalue weighted by Crippen LogP contribution is -2.23. The fourth-order valence-electron chi connectivity index (χ4n) is 3.76. The highest BCUT2D eigenvalue weighted by Crippen LogP contribution is 2.34. The highest BCUT2D eigenvalue weighted by molar-refractivity contribution is 6.00. The molecule has 0 spiro atoms. The number of nitrogens with one attached hydrogen (secondary N) is 1. The van der Waals surface area contributed by atoms with Crippen LogP contribution >= 0.6 is 0 Å². The van der Waals surface area contributed by atoms with Crippen LogP contribution in [0.2, 0.25) is 0 Å². The summed E-state index contributed by atoms with van der Waals surface area (Å²) in [5.74, 6) is 0.432. The second-order valence-corrected chi connectivity index (χ2v) is 6.74. The molecule has 2 N–H and O–H groups in total. The maximum atomic E-state index is 14.9. The van der Waals surface area contributed by atoms with Crippen molar-refractivity contribution in [2.24, 2.45) is 0 Å². The number of hydrogen-bond acceptors (Lipinski definition) is 6. The van der Waals surface area contributed by atoms with Crippen molar-refractivity contribution in [3.63, 3.8) is 0 Å². The minimum Gasteiger partial charge on any atom is -0.385 e. The van der Waals surface area contributed by atoms with Crippen LogP contribution in [0, 0.1) is 11.3 Å². The fraction of sp³-hybridized carbons (Fsp3) is 0.529. The lowest BCUT2D eigenvalue weighted by molar-refractivity contribution is 0.176. The maximum absolute atomic E-state index is 14.9. The van der Waals surface area contributed by atoms with Crippen molar-refractivity contribution in [1.29, 1.82) is 5.26 Å². The highest BCUT2D eigenvalue weighted by atomic mass is 19.1. The number of hydrogen-bond donors (Lipinski definition) is 2. The van der Waals surface area contributed by atoms with E-state index in [2.05, 4.69) is 26.2 Å². The first-order valence-corrected chi connectivity index (χ1v) is 8.71. The van der Waals surface area contributed by atoms with Gasteiger partial charge in [0.05, 0.1) is 35.4 Å². The Balaban J connectivity index is 1.78. The van der Waals surface area contributed by atoms with Gasteiger partial charge in [-0.15, -0.1) is 0 Å². The third-order valence-corrected chi connectivity index (χ3v) is 4.92. The van der Waals surface area contributed by atoms with E-state index in [4.69, 9.17) is 5.26 Å². The van der Waals surface area contributed by atoms with Crippen molar-refractivity contribution in [2.45, 2.75) is 38.1 Å². The predicted octanol–water partition coefficient (Wildman–Crippen LogP) is 1.86. The van der Waals surface area contributed by atoms with Gasteiger partial charge in [0.25, 0.3) is 0 Å². The van der Waals surface area contributed by atoms with Crippen LogP contribution in [0.15, 0.2) is 12.4 Å². The molecule has 4 rings (SSSR count). The average Bonchev–Trinajstić information content (AvgIpc) is 3.30.